The van der Waals surface area contributed by atoms with E-state index in [1.807, 2.05) is 0 Å². The smallest absolute Gasteiger partial charge is 0.261 e. The summed E-state index contributed by atoms with van der Waals surface area (Å²) in [6.07, 6.45) is 0. The largest absolute Gasteiger partial charge is 0.399 e. The predicted octanol–water partition coefficient (Wildman–Crippen LogP) is 3.38. The van der Waals surface area contributed by atoms with E-state index >= 15 is 0 Å². The van der Waals surface area contributed by atoms with Gasteiger partial charge in [0.05, 0.1) is 4.90 Å². The van der Waals surface area contributed by atoms with E-state index in [0.29, 0.717) is 11.4 Å². The number of nitrogens with two attached hydrogens (primary N) is 1. The van der Waals surface area contributed by atoms with Crippen LogP contribution in [0.15, 0.2) is 47.4 Å². The average Bonchev–Trinajstić information content (AvgIpc) is 2.31. The van der Waals surface area contributed by atoms with Gasteiger partial charge in [-0.25, -0.2) is 8.42 Å². The molecule has 0 aliphatic carbocycles. The molecule has 0 saturated heterocycles. The van der Waals surface area contributed by atoms with Crippen LogP contribution in [0.3, 0.4) is 0 Å². The molecule has 0 radical (unpaired) electrons. The quantitative estimate of drug-likeness (QED) is 0.853. The van der Waals surface area contributed by atoms with E-state index < -0.39 is 10.0 Å². The molecule has 4 nitrogen and oxygen atoms in total. The molecule has 0 amide bonds. The lowest BCUT2D eigenvalue weighted by atomic mass is 10.3. The molecular formula is C12H10Cl2N2O2S. The minimum Gasteiger partial charge on any atom is -0.399 e. The van der Waals surface area contributed by atoms with Crippen molar-refractivity contribution in [3.05, 3.63) is 52.5 Å². The van der Waals surface area contributed by atoms with Crippen LogP contribution in [0.4, 0.5) is 11.4 Å². The van der Waals surface area contributed by atoms with Crippen LogP contribution in [0.5, 0.6) is 0 Å². The molecular weight excluding hydrogens is 307 g/mol. The van der Waals surface area contributed by atoms with Crippen LogP contribution in [0.2, 0.25) is 10.0 Å². The lowest BCUT2D eigenvalue weighted by Crippen LogP contribution is -2.12. The number of rotatable bonds is 3. The van der Waals surface area contributed by atoms with Crippen LogP contribution in [0, 0.1) is 0 Å². The fourth-order valence-corrected chi connectivity index (χ4v) is 3.23. The minimum absolute atomic E-state index is 0.00169. The normalized spacial score (nSPS) is 11.3. The Morgan fingerprint density at radius 1 is 0.947 bits per heavy atom. The second-order valence-electron chi connectivity index (χ2n) is 3.83. The molecule has 7 heteroatoms. The number of hydrogen-bond donors (Lipinski definition) is 2. The Morgan fingerprint density at radius 3 is 2.00 bits per heavy atom. The highest BCUT2D eigenvalue weighted by molar-refractivity contribution is 7.92. The van der Waals surface area contributed by atoms with E-state index in [1.54, 1.807) is 24.3 Å². The van der Waals surface area contributed by atoms with Crippen LogP contribution in [0.1, 0.15) is 0 Å². The monoisotopic (exact) mass is 316 g/mol. The van der Waals surface area contributed by atoms with Gasteiger partial charge in [0, 0.05) is 21.4 Å². The first kappa shape index (κ1) is 14.0. The highest BCUT2D eigenvalue weighted by Gasteiger charge is 2.15. The van der Waals surface area contributed by atoms with Crippen molar-refractivity contribution in [2.75, 3.05) is 10.5 Å². The van der Waals surface area contributed by atoms with Crippen LogP contribution in [0.25, 0.3) is 0 Å². The van der Waals surface area contributed by atoms with E-state index in [2.05, 4.69) is 4.72 Å². The molecule has 0 aliphatic heterocycles. The Bertz CT molecular complexity index is 680. The molecule has 2 aromatic carbocycles. The SMILES string of the molecule is Nc1ccc(NS(=O)(=O)c2cc(Cl)cc(Cl)c2)cc1. The third-order valence-electron chi connectivity index (χ3n) is 2.31. The molecule has 0 aromatic heterocycles. The van der Waals surface area contributed by atoms with Crippen molar-refractivity contribution in [3.8, 4) is 0 Å². The number of anilines is 2. The Labute approximate surface area is 121 Å². The summed E-state index contributed by atoms with van der Waals surface area (Å²) in [5.41, 5.74) is 6.49. The molecule has 0 spiro atoms. The molecule has 100 valence electrons. The van der Waals surface area contributed by atoms with Crippen molar-refractivity contribution in [2.45, 2.75) is 4.90 Å². The number of nitrogens with one attached hydrogen (secondary N) is 1. The minimum atomic E-state index is -3.73. The zero-order valence-electron chi connectivity index (χ0n) is 9.60. The first-order chi connectivity index (χ1) is 8.87. The lowest BCUT2D eigenvalue weighted by molar-refractivity contribution is 0.601. The van der Waals surface area contributed by atoms with Crippen molar-refractivity contribution in [1.29, 1.82) is 0 Å². The van der Waals surface area contributed by atoms with Gasteiger partial charge in [-0.05, 0) is 42.5 Å². The van der Waals surface area contributed by atoms with Gasteiger partial charge < -0.3 is 5.73 Å². The Hall–Kier alpha value is -1.43. The number of benzene rings is 2. The maximum absolute atomic E-state index is 12.1. The van der Waals surface area contributed by atoms with Gasteiger partial charge in [-0.2, -0.15) is 0 Å². The summed E-state index contributed by atoms with van der Waals surface area (Å²) in [7, 11) is -3.73. The highest BCUT2D eigenvalue weighted by Crippen LogP contribution is 2.24. The predicted molar refractivity (Wildman–Crippen MR) is 78.1 cm³/mol. The summed E-state index contributed by atoms with van der Waals surface area (Å²) < 4.78 is 26.7. The molecule has 0 aliphatic rings. The Morgan fingerprint density at radius 2 is 1.47 bits per heavy atom. The summed E-state index contributed by atoms with van der Waals surface area (Å²) in [5.74, 6) is 0. The first-order valence-corrected chi connectivity index (χ1v) is 7.45. The van der Waals surface area contributed by atoms with Gasteiger partial charge in [0.15, 0.2) is 0 Å². The second kappa shape index (κ2) is 5.28. The molecule has 2 rings (SSSR count). The van der Waals surface area contributed by atoms with Gasteiger partial charge in [0.25, 0.3) is 10.0 Å². The third-order valence-corrected chi connectivity index (χ3v) is 4.11. The maximum Gasteiger partial charge on any atom is 0.261 e. The van der Waals surface area contributed by atoms with E-state index in [9.17, 15) is 8.42 Å². The van der Waals surface area contributed by atoms with Crippen LogP contribution in [-0.2, 0) is 10.0 Å². The average molecular weight is 317 g/mol. The highest BCUT2D eigenvalue weighted by atomic mass is 35.5. The first-order valence-electron chi connectivity index (χ1n) is 5.21. The Balaban J connectivity index is 2.34. The molecule has 0 atom stereocenters. The molecule has 0 bridgehead atoms. The van der Waals surface area contributed by atoms with Crippen molar-refractivity contribution >= 4 is 44.6 Å². The molecule has 0 saturated carbocycles. The zero-order chi connectivity index (χ0) is 14.0. The number of halogens is 2. The van der Waals surface area contributed by atoms with E-state index in [-0.39, 0.29) is 14.9 Å². The Kier molecular flexibility index (Phi) is 3.89. The van der Waals surface area contributed by atoms with Gasteiger partial charge in [-0.15, -0.1) is 0 Å². The standard InChI is InChI=1S/C12H10Cl2N2O2S/c13-8-5-9(14)7-12(6-8)19(17,18)16-11-3-1-10(15)2-4-11/h1-7,16H,15H2. The molecule has 0 fully saturated rings. The van der Waals surface area contributed by atoms with Gasteiger partial charge in [0.2, 0.25) is 0 Å². The number of nitrogen functional groups attached to an aromatic ring is 1. The topological polar surface area (TPSA) is 72.2 Å². The summed E-state index contributed by atoms with van der Waals surface area (Å²) in [6, 6.07) is 10.5. The van der Waals surface area contributed by atoms with Crippen LogP contribution >= 0.6 is 23.2 Å². The van der Waals surface area contributed by atoms with Crippen LogP contribution < -0.4 is 10.5 Å². The fraction of sp³-hybridized carbons (Fsp3) is 0. The van der Waals surface area contributed by atoms with Crippen molar-refractivity contribution in [3.63, 3.8) is 0 Å². The van der Waals surface area contributed by atoms with E-state index in [0.717, 1.165) is 0 Å². The summed E-state index contributed by atoms with van der Waals surface area (Å²) in [6.45, 7) is 0. The summed E-state index contributed by atoms with van der Waals surface area (Å²) >= 11 is 11.6. The summed E-state index contributed by atoms with van der Waals surface area (Å²) in [5, 5.41) is 0.510. The van der Waals surface area contributed by atoms with E-state index in [1.165, 1.54) is 18.2 Å². The van der Waals surface area contributed by atoms with Gasteiger partial charge >= 0.3 is 0 Å². The molecule has 3 N–H and O–H groups in total. The zero-order valence-corrected chi connectivity index (χ0v) is 11.9. The van der Waals surface area contributed by atoms with Gasteiger partial charge in [0.1, 0.15) is 0 Å². The summed E-state index contributed by atoms with van der Waals surface area (Å²) in [4.78, 5) is 0.00169. The molecule has 0 unspecified atom stereocenters. The van der Waals surface area contributed by atoms with E-state index in [4.69, 9.17) is 28.9 Å². The van der Waals surface area contributed by atoms with Crippen molar-refractivity contribution in [1.82, 2.24) is 0 Å². The molecule has 19 heavy (non-hydrogen) atoms. The lowest BCUT2D eigenvalue weighted by Gasteiger charge is -2.09. The van der Waals surface area contributed by atoms with Gasteiger partial charge in [-0.1, -0.05) is 23.2 Å². The maximum atomic E-state index is 12.1. The van der Waals surface area contributed by atoms with Crippen LogP contribution in [-0.4, -0.2) is 8.42 Å². The number of sulfonamides is 1. The van der Waals surface area contributed by atoms with Gasteiger partial charge in [-0.3, -0.25) is 4.72 Å². The molecule has 0 heterocycles. The number of hydrogen-bond acceptors (Lipinski definition) is 3. The second-order valence-corrected chi connectivity index (χ2v) is 6.39. The van der Waals surface area contributed by atoms with Crippen molar-refractivity contribution < 1.29 is 8.42 Å². The fourth-order valence-electron chi connectivity index (χ4n) is 1.45. The third kappa shape index (κ3) is 3.53. The molecule has 2 aromatic rings. The van der Waals surface area contributed by atoms with Crippen molar-refractivity contribution in [2.24, 2.45) is 0 Å².